The van der Waals surface area contributed by atoms with Gasteiger partial charge in [0.2, 0.25) is 5.91 Å². The van der Waals surface area contributed by atoms with E-state index < -0.39 is 16.8 Å². The van der Waals surface area contributed by atoms with Gasteiger partial charge in [-0.1, -0.05) is 29.8 Å². The molecule has 0 spiro atoms. The molecular weight excluding hydrogens is 372 g/mol. The number of esters is 1. The van der Waals surface area contributed by atoms with E-state index in [1.807, 2.05) is 0 Å². The van der Waals surface area contributed by atoms with Crippen molar-refractivity contribution in [3.63, 3.8) is 0 Å². The van der Waals surface area contributed by atoms with Gasteiger partial charge in [0, 0.05) is 29.5 Å². The molecule has 0 bridgehead atoms. The van der Waals surface area contributed by atoms with Crippen molar-refractivity contribution in [1.29, 1.82) is 0 Å². The van der Waals surface area contributed by atoms with E-state index >= 15 is 0 Å². The highest BCUT2D eigenvalue weighted by atomic mass is 35.5. The summed E-state index contributed by atoms with van der Waals surface area (Å²) < 4.78 is 5.20. The van der Waals surface area contributed by atoms with E-state index in [0.29, 0.717) is 27.5 Å². The van der Waals surface area contributed by atoms with Gasteiger partial charge in [0.05, 0.1) is 21.9 Å². The first kappa shape index (κ1) is 17.2. The lowest BCUT2D eigenvalue weighted by Gasteiger charge is -2.31. The van der Waals surface area contributed by atoms with E-state index in [-0.39, 0.29) is 24.6 Å². The number of carbonyl (C=O) groups is 2. The van der Waals surface area contributed by atoms with Gasteiger partial charge >= 0.3 is 5.97 Å². The molecule has 8 heteroatoms. The Balaban J connectivity index is 1.79. The van der Waals surface area contributed by atoms with Crippen LogP contribution < -0.4 is 4.90 Å². The van der Waals surface area contributed by atoms with E-state index in [0.717, 1.165) is 0 Å². The fourth-order valence-corrected chi connectivity index (χ4v) is 3.67. The summed E-state index contributed by atoms with van der Waals surface area (Å²) in [5.74, 6) is -1.18. The van der Waals surface area contributed by atoms with Gasteiger partial charge in [-0.3, -0.25) is 19.8 Å². The number of ether oxygens (including phenoxy) is 1. The highest BCUT2D eigenvalue weighted by Gasteiger charge is 2.43. The molecule has 0 aromatic heterocycles. The summed E-state index contributed by atoms with van der Waals surface area (Å²) in [5, 5.41) is 11.3. The third-order valence-corrected chi connectivity index (χ3v) is 4.93. The van der Waals surface area contributed by atoms with Crippen LogP contribution >= 0.6 is 11.6 Å². The van der Waals surface area contributed by atoms with Gasteiger partial charge in [0.25, 0.3) is 5.69 Å². The Kier molecular flexibility index (Phi) is 4.16. The molecule has 0 saturated carbocycles. The number of benzene rings is 2. The summed E-state index contributed by atoms with van der Waals surface area (Å²) in [6.07, 6.45) is 0.0538. The lowest BCUT2D eigenvalue weighted by atomic mass is 9.84. The summed E-state index contributed by atoms with van der Waals surface area (Å²) in [5.41, 5.74) is 2.07. The Hall–Kier alpha value is -3.19. The molecule has 2 aliphatic heterocycles. The normalized spacial score (nSPS) is 19.1. The number of nitro benzene ring substituents is 1. The molecule has 7 nitrogen and oxygen atoms in total. The number of cyclic esters (lactones) is 1. The maximum absolute atomic E-state index is 12.9. The molecule has 136 valence electrons. The van der Waals surface area contributed by atoms with E-state index in [2.05, 4.69) is 0 Å². The number of halogens is 1. The first-order chi connectivity index (χ1) is 13.0. The van der Waals surface area contributed by atoms with Crippen LogP contribution in [-0.4, -0.2) is 23.4 Å². The first-order valence-corrected chi connectivity index (χ1v) is 8.56. The fraction of sp³-hybridized carbons (Fsp3) is 0.158. The van der Waals surface area contributed by atoms with Crippen molar-refractivity contribution in [2.75, 3.05) is 11.5 Å². The molecule has 0 saturated heterocycles. The summed E-state index contributed by atoms with van der Waals surface area (Å²) in [7, 11) is 0. The van der Waals surface area contributed by atoms with Gasteiger partial charge < -0.3 is 4.74 Å². The number of nitro groups is 1. The molecule has 0 radical (unpaired) electrons. The number of rotatable bonds is 3. The van der Waals surface area contributed by atoms with Crippen LogP contribution in [0.2, 0.25) is 5.02 Å². The van der Waals surface area contributed by atoms with Crippen molar-refractivity contribution in [3.8, 4) is 0 Å². The van der Waals surface area contributed by atoms with Crippen LogP contribution in [0.4, 0.5) is 11.4 Å². The lowest BCUT2D eigenvalue weighted by Crippen LogP contribution is -2.37. The van der Waals surface area contributed by atoms with Crippen LogP contribution in [0.15, 0.2) is 59.8 Å². The molecule has 0 fully saturated rings. The molecule has 2 aromatic carbocycles. The predicted octanol–water partition coefficient (Wildman–Crippen LogP) is 3.58. The molecule has 0 N–H and O–H groups in total. The number of nitrogens with zero attached hydrogens (tertiary/aromatic N) is 2. The van der Waals surface area contributed by atoms with Crippen molar-refractivity contribution < 1.29 is 19.2 Å². The van der Waals surface area contributed by atoms with Crippen LogP contribution in [0.1, 0.15) is 17.9 Å². The van der Waals surface area contributed by atoms with E-state index in [4.69, 9.17) is 16.3 Å². The van der Waals surface area contributed by atoms with Crippen molar-refractivity contribution in [2.24, 2.45) is 0 Å². The van der Waals surface area contributed by atoms with Crippen LogP contribution in [0, 0.1) is 10.1 Å². The number of amides is 1. The zero-order valence-electron chi connectivity index (χ0n) is 13.9. The standard InChI is InChI=1S/C19H13ClN2O5/c20-12-2-1-3-14(8-12)21-16-10-27-19(24)18(16)15(9-17(21)23)11-4-6-13(7-5-11)22(25)26/h1-8,15H,9-10H2. The zero-order chi connectivity index (χ0) is 19.1. The van der Waals surface area contributed by atoms with E-state index in [1.54, 1.807) is 36.4 Å². The number of hydrogen-bond donors (Lipinski definition) is 0. The minimum absolute atomic E-state index is 0.00407. The highest BCUT2D eigenvalue weighted by Crippen LogP contribution is 2.42. The second-order valence-corrected chi connectivity index (χ2v) is 6.69. The summed E-state index contributed by atoms with van der Waals surface area (Å²) in [4.78, 5) is 37.1. The van der Waals surface area contributed by atoms with Crippen LogP contribution in [0.5, 0.6) is 0 Å². The van der Waals surface area contributed by atoms with E-state index in [9.17, 15) is 19.7 Å². The average Bonchev–Trinajstić information content (AvgIpc) is 3.02. The SMILES string of the molecule is O=C1OCC2=C1C(c1ccc([N+](=O)[O-])cc1)CC(=O)N2c1cccc(Cl)c1. The monoisotopic (exact) mass is 384 g/mol. The van der Waals surface area contributed by atoms with Crippen molar-refractivity contribution >= 4 is 34.9 Å². The number of hydrogen-bond acceptors (Lipinski definition) is 5. The molecule has 27 heavy (non-hydrogen) atoms. The molecule has 1 unspecified atom stereocenters. The van der Waals surface area contributed by atoms with Crippen LogP contribution in [-0.2, 0) is 14.3 Å². The smallest absolute Gasteiger partial charge is 0.336 e. The van der Waals surface area contributed by atoms with Crippen LogP contribution in [0.25, 0.3) is 0 Å². The quantitative estimate of drug-likeness (QED) is 0.458. The maximum atomic E-state index is 12.9. The molecule has 2 heterocycles. The van der Waals surface area contributed by atoms with Gasteiger partial charge in [-0.05, 0) is 23.8 Å². The first-order valence-electron chi connectivity index (χ1n) is 8.19. The maximum Gasteiger partial charge on any atom is 0.336 e. The Labute approximate surface area is 158 Å². The van der Waals surface area contributed by atoms with E-state index in [1.165, 1.54) is 17.0 Å². The Bertz CT molecular complexity index is 999. The number of carbonyl (C=O) groups excluding carboxylic acids is 2. The molecule has 1 amide bonds. The second kappa shape index (κ2) is 6.51. The topological polar surface area (TPSA) is 89.7 Å². The third kappa shape index (κ3) is 2.96. The van der Waals surface area contributed by atoms with Crippen molar-refractivity contribution in [3.05, 3.63) is 80.5 Å². The minimum atomic E-state index is -0.501. The van der Waals surface area contributed by atoms with Gasteiger partial charge in [-0.25, -0.2) is 4.79 Å². The molecule has 0 aliphatic carbocycles. The van der Waals surface area contributed by atoms with Gasteiger partial charge in [-0.2, -0.15) is 0 Å². The largest absolute Gasteiger partial charge is 0.456 e. The fourth-order valence-electron chi connectivity index (χ4n) is 3.48. The number of non-ortho nitro benzene ring substituents is 1. The van der Waals surface area contributed by atoms with Crippen LogP contribution in [0.3, 0.4) is 0 Å². The summed E-state index contributed by atoms with van der Waals surface area (Å²) in [6, 6.07) is 12.7. The molecule has 2 aromatic rings. The summed E-state index contributed by atoms with van der Waals surface area (Å²) >= 11 is 6.04. The Morgan fingerprint density at radius 3 is 2.56 bits per heavy atom. The highest BCUT2D eigenvalue weighted by molar-refractivity contribution is 6.31. The number of anilines is 1. The third-order valence-electron chi connectivity index (χ3n) is 4.69. The minimum Gasteiger partial charge on any atom is -0.456 e. The molecular formula is C19H13ClN2O5. The van der Waals surface area contributed by atoms with Gasteiger partial charge in [-0.15, -0.1) is 0 Å². The zero-order valence-corrected chi connectivity index (χ0v) is 14.7. The average molecular weight is 385 g/mol. The van der Waals surface area contributed by atoms with Gasteiger partial charge in [0.1, 0.15) is 6.61 Å². The van der Waals surface area contributed by atoms with Gasteiger partial charge in [0.15, 0.2) is 0 Å². The van der Waals surface area contributed by atoms with Crippen molar-refractivity contribution in [1.82, 2.24) is 0 Å². The Morgan fingerprint density at radius 1 is 1.15 bits per heavy atom. The predicted molar refractivity (Wildman–Crippen MR) is 97.4 cm³/mol. The molecule has 2 aliphatic rings. The Morgan fingerprint density at radius 2 is 1.89 bits per heavy atom. The molecule has 1 atom stereocenters. The summed E-state index contributed by atoms with van der Waals surface area (Å²) in [6.45, 7) is -0.00407. The van der Waals surface area contributed by atoms with Crippen molar-refractivity contribution in [2.45, 2.75) is 12.3 Å². The second-order valence-electron chi connectivity index (χ2n) is 6.25. The molecule has 4 rings (SSSR count). The lowest BCUT2D eigenvalue weighted by molar-refractivity contribution is -0.384.